The molecular formula is C19H18N2OS2. The summed E-state index contributed by atoms with van der Waals surface area (Å²) in [5.74, 6) is 0.665. The molecule has 1 amide bonds. The largest absolute Gasteiger partial charge is 0.334 e. The molecule has 0 N–H and O–H groups in total. The molecule has 2 aromatic heterocycles. The van der Waals surface area contributed by atoms with Crippen LogP contribution in [-0.2, 0) is 4.79 Å². The van der Waals surface area contributed by atoms with Crippen molar-refractivity contribution in [2.45, 2.75) is 23.9 Å². The van der Waals surface area contributed by atoms with Crippen molar-refractivity contribution in [1.82, 2.24) is 9.88 Å². The molecule has 4 rings (SSSR count). The van der Waals surface area contributed by atoms with E-state index in [-0.39, 0.29) is 11.9 Å². The van der Waals surface area contributed by atoms with Crippen LogP contribution in [-0.4, -0.2) is 28.1 Å². The Hall–Kier alpha value is -1.85. The topological polar surface area (TPSA) is 33.2 Å². The number of amides is 1. The van der Waals surface area contributed by atoms with Crippen LogP contribution in [0.4, 0.5) is 0 Å². The summed E-state index contributed by atoms with van der Waals surface area (Å²) < 4.78 is 0. The number of aromatic nitrogens is 1. The van der Waals surface area contributed by atoms with E-state index in [1.807, 2.05) is 29.2 Å². The van der Waals surface area contributed by atoms with Crippen molar-refractivity contribution < 1.29 is 4.79 Å². The van der Waals surface area contributed by atoms with E-state index >= 15 is 0 Å². The second-order valence-corrected chi connectivity index (χ2v) is 7.87. The Morgan fingerprint density at radius 1 is 1.21 bits per heavy atom. The molecule has 24 heavy (non-hydrogen) atoms. The lowest BCUT2D eigenvalue weighted by molar-refractivity contribution is -0.129. The smallest absolute Gasteiger partial charge is 0.233 e. The van der Waals surface area contributed by atoms with Gasteiger partial charge in [0.15, 0.2) is 0 Å². The summed E-state index contributed by atoms with van der Waals surface area (Å²) in [7, 11) is 0. The molecule has 1 aromatic carbocycles. The van der Waals surface area contributed by atoms with Gasteiger partial charge in [-0.25, -0.2) is 4.98 Å². The van der Waals surface area contributed by atoms with E-state index in [4.69, 9.17) is 0 Å². The molecule has 0 radical (unpaired) electrons. The number of fused-ring (bicyclic) bond motifs is 1. The number of hydrogen-bond acceptors (Lipinski definition) is 4. The van der Waals surface area contributed by atoms with E-state index < -0.39 is 0 Å². The lowest BCUT2D eigenvalue weighted by atomic mass is 10.2. The third-order valence-electron chi connectivity index (χ3n) is 4.36. The number of carbonyl (C=O) groups excluding carboxylic acids is 1. The highest BCUT2D eigenvalue weighted by Crippen LogP contribution is 2.35. The minimum absolute atomic E-state index is 0.214. The Balaban J connectivity index is 1.43. The van der Waals surface area contributed by atoms with Crippen molar-refractivity contribution in [2.75, 3.05) is 12.3 Å². The summed E-state index contributed by atoms with van der Waals surface area (Å²) in [6.45, 7) is 0.868. The van der Waals surface area contributed by atoms with Gasteiger partial charge >= 0.3 is 0 Å². The quantitative estimate of drug-likeness (QED) is 0.634. The zero-order chi connectivity index (χ0) is 16.4. The highest BCUT2D eigenvalue weighted by molar-refractivity contribution is 7.99. The molecule has 0 spiro atoms. The predicted octanol–water partition coefficient (Wildman–Crippen LogP) is 4.75. The highest BCUT2D eigenvalue weighted by Gasteiger charge is 2.30. The lowest BCUT2D eigenvalue weighted by Crippen LogP contribution is -2.31. The molecule has 1 saturated heterocycles. The molecular weight excluding hydrogens is 336 g/mol. The van der Waals surface area contributed by atoms with Crippen LogP contribution in [0.2, 0.25) is 0 Å². The van der Waals surface area contributed by atoms with Crippen LogP contribution in [0, 0.1) is 0 Å². The van der Waals surface area contributed by atoms with Gasteiger partial charge in [-0.15, -0.1) is 11.3 Å². The average molecular weight is 355 g/mol. The third-order valence-corrected chi connectivity index (χ3v) is 6.25. The molecule has 1 fully saturated rings. The molecule has 5 heteroatoms. The number of thiophene rings is 1. The fraction of sp³-hybridized carbons (Fsp3) is 0.263. The summed E-state index contributed by atoms with van der Waals surface area (Å²) in [5, 5.41) is 4.13. The van der Waals surface area contributed by atoms with Gasteiger partial charge in [-0.05, 0) is 36.4 Å². The number of likely N-dealkylation sites (tertiary alicyclic amines) is 1. The SMILES string of the molecule is O=C(CSc1ccc2ccccc2n1)N1CCCC1c1cccs1. The molecule has 3 aromatic rings. The number of rotatable bonds is 4. The zero-order valence-electron chi connectivity index (χ0n) is 13.2. The predicted molar refractivity (Wildman–Crippen MR) is 100 cm³/mol. The third kappa shape index (κ3) is 3.19. The molecule has 3 nitrogen and oxygen atoms in total. The first kappa shape index (κ1) is 15.7. The van der Waals surface area contributed by atoms with Crippen molar-refractivity contribution in [1.29, 1.82) is 0 Å². The van der Waals surface area contributed by atoms with Gasteiger partial charge in [0.05, 0.1) is 22.3 Å². The molecule has 1 unspecified atom stereocenters. The highest BCUT2D eigenvalue weighted by atomic mass is 32.2. The minimum atomic E-state index is 0.214. The Morgan fingerprint density at radius 2 is 2.12 bits per heavy atom. The fourth-order valence-corrected chi connectivity index (χ4v) is 4.83. The lowest BCUT2D eigenvalue weighted by Gasteiger charge is -2.23. The summed E-state index contributed by atoms with van der Waals surface area (Å²) in [4.78, 5) is 20.6. The first-order chi connectivity index (χ1) is 11.8. The van der Waals surface area contributed by atoms with Crippen LogP contribution < -0.4 is 0 Å². The molecule has 3 heterocycles. The van der Waals surface area contributed by atoms with Gasteiger partial charge in [-0.3, -0.25) is 4.79 Å². The van der Waals surface area contributed by atoms with E-state index in [0.717, 1.165) is 35.3 Å². The molecule has 0 aliphatic carbocycles. The van der Waals surface area contributed by atoms with E-state index in [2.05, 4.69) is 34.6 Å². The molecule has 1 aliphatic heterocycles. The van der Waals surface area contributed by atoms with Crippen molar-refractivity contribution in [3.8, 4) is 0 Å². The second-order valence-electron chi connectivity index (χ2n) is 5.89. The van der Waals surface area contributed by atoms with Gasteiger partial charge < -0.3 is 4.90 Å². The summed E-state index contributed by atoms with van der Waals surface area (Å²) in [6, 6.07) is 16.6. The maximum Gasteiger partial charge on any atom is 0.233 e. The number of para-hydroxylation sites is 1. The Bertz CT molecular complexity index is 847. The van der Waals surface area contributed by atoms with E-state index in [0.29, 0.717) is 5.75 Å². The normalized spacial score (nSPS) is 17.5. The first-order valence-corrected chi connectivity index (χ1v) is 9.99. The van der Waals surface area contributed by atoms with Gasteiger partial charge in [0.2, 0.25) is 5.91 Å². The van der Waals surface area contributed by atoms with Gasteiger partial charge in [0.1, 0.15) is 0 Å². The Kier molecular flexibility index (Phi) is 4.54. The number of benzene rings is 1. The van der Waals surface area contributed by atoms with Crippen LogP contribution in [0.25, 0.3) is 10.9 Å². The zero-order valence-corrected chi connectivity index (χ0v) is 14.9. The van der Waals surface area contributed by atoms with Gasteiger partial charge in [0.25, 0.3) is 0 Å². The molecule has 0 saturated carbocycles. The summed E-state index contributed by atoms with van der Waals surface area (Å²) in [5.41, 5.74) is 0.979. The van der Waals surface area contributed by atoms with Gasteiger partial charge in [0, 0.05) is 16.8 Å². The van der Waals surface area contributed by atoms with Crippen molar-refractivity contribution in [3.63, 3.8) is 0 Å². The monoisotopic (exact) mass is 354 g/mol. The number of hydrogen-bond donors (Lipinski definition) is 0. The number of nitrogens with zero attached hydrogens (tertiary/aromatic N) is 2. The number of pyridine rings is 1. The van der Waals surface area contributed by atoms with Crippen LogP contribution in [0.15, 0.2) is 58.9 Å². The van der Waals surface area contributed by atoms with E-state index in [1.54, 1.807) is 11.3 Å². The Labute approximate surface area is 149 Å². The molecule has 1 atom stereocenters. The summed E-state index contributed by atoms with van der Waals surface area (Å²) in [6.07, 6.45) is 2.17. The van der Waals surface area contributed by atoms with E-state index in [9.17, 15) is 4.79 Å². The number of carbonyl (C=O) groups is 1. The first-order valence-electron chi connectivity index (χ1n) is 8.13. The van der Waals surface area contributed by atoms with Crippen molar-refractivity contribution in [3.05, 3.63) is 58.8 Å². The standard InChI is InChI=1S/C19H18N2OS2/c22-19(21-11-3-7-16(21)17-8-4-12-23-17)13-24-18-10-9-14-5-1-2-6-15(14)20-18/h1-2,4-6,8-10,12,16H,3,7,11,13H2. The molecule has 122 valence electrons. The second kappa shape index (κ2) is 6.95. The van der Waals surface area contributed by atoms with Gasteiger partial charge in [-0.1, -0.05) is 42.1 Å². The van der Waals surface area contributed by atoms with Crippen LogP contribution >= 0.6 is 23.1 Å². The molecule has 1 aliphatic rings. The van der Waals surface area contributed by atoms with Crippen molar-refractivity contribution in [2.24, 2.45) is 0 Å². The average Bonchev–Trinajstić information content (AvgIpc) is 3.30. The maximum atomic E-state index is 12.7. The maximum absolute atomic E-state index is 12.7. The minimum Gasteiger partial charge on any atom is -0.334 e. The summed E-state index contributed by atoms with van der Waals surface area (Å²) >= 11 is 3.27. The molecule has 0 bridgehead atoms. The number of thioether (sulfide) groups is 1. The Morgan fingerprint density at radius 3 is 3.00 bits per heavy atom. The van der Waals surface area contributed by atoms with Crippen LogP contribution in [0.5, 0.6) is 0 Å². The van der Waals surface area contributed by atoms with Crippen LogP contribution in [0.1, 0.15) is 23.8 Å². The van der Waals surface area contributed by atoms with E-state index in [1.165, 1.54) is 16.6 Å². The van der Waals surface area contributed by atoms with Crippen molar-refractivity contribution >= 4 is 39.9 Å². The van der Waals surface area contributed by atoms with Gasteiger partial charge in [-0.2, -0.15) is 0 Å². The van der Waals surface area contributed by atoms with Crippen LogP contribution in [0.3, 0.4) is 0 Å². The fourth-order valence-electron chi connectivity index (χ4n) is 3.19.